The lowest BCUT2D eigenvalue weighted by Gasteiger charge is -2.21. The summed E-state index contributed by atoms with van der Waals surface area (Å²) in [5, 5.41) is 0.869. The predicted octanol–water partition coefficient (Wildman–Crippen LogP) is 5.54. The van der Waals surface area contributed by atoms with Gasteiger partial charge in [0.25, 0.3) is 0 Å². The molecule has 2 aromatic heterocycles. The standard InChI is InChI=1S/C24H26N4O2/c1-15-11-16(9-10-20(15)30-18-8-6-7-17(12-18)29-5)19-13-28(24(2,3)4)23-21(19)22(25)26-14-27-23/h6-14H,1-5H3,(H2,25,26,27). The quantitative estimate of drug-likeness (QED) is 0.485. The van der Waals surface area contributed by atoms with Crippen molar-refractivity contribution in [2.75, 3.05) is 12.8 Å². The molecule has 0 amide bonds. The molecule has 6 heteroatoms. The maximum absolute atomic E-state index is 6.25. The normalized spacial score (nSPS) is 11.6. The number of methoxy groups -OCH3 is 1. The van der Waals surface area contributed by atoms with Crippen molar-refractivity contribution in [2.24, 2.45) is 0 Å². The Bertz CT molecular complexity index is 1220. The van der Waals surface area contributed by atoms with Gasteiger partial charge in [0.15, 0.2) is 0 Å². The number of anilines is 1. The average Bonchev–Trinajstić information content (AvgIpc) is 3.11. The zero-order chi connectivity index (χ0) is 21.5. The van der Waals surface area contributed by atoms with Crippen molar-refractivity contribution in [2.45, 2.75) is 33.2 Å². The number of hydrogen-bond acceptors (Lipinski definition) is 5. The number of benzene rings is 2. The van der Waals surface area contributed by atoms with Crippen LogP contribution in [0.15, 0.2) is 55.0 Å². The molecule has 0 aliphatic rings. The minimum atomic E-state index is -0.137. The van der Waals surface area contributed by atoms with Gasteiger partial charge in [-0.25, -0.2) is 9.97 Å². The van der Waals surface area contributed by atoms with Crippen LogP contribution in [0.4, 0.5) is 5.82 Å². The van der Waals surface area contributed by atoms with Gasteiger partial charge >= 0.3 is 0 Å². The van der Waals surface area contributed by atoms with Crippen LogP contribution in [0.3, 0.4) is 0 Å². The number of nitrogen functional groups attached to an aromatic ring is 1. The highest BCUT2D eigenvalue weighted by atomic mass is 16.5. The maximum Gasteiger partial charge on any atom is 0.146 e. The Morgan fingerprint density at radius 3 is 2.47 bits per heavy atom. The molecule has 0 radical (unpaired) electrons. The molecule has 0 bridgehead atoms. The third-order valence-corrected chi connectivity index (χ3v) is 5.09. The van der Waals surface area contributed by atoms with Crippen LogP contribution in [-0.2, 0) is 5.54 Å². The van der Waals surface area contributed by atoms with Crippen molar-refractivity contribution in [1.29, 1.82) is 0 Å². The minimum absolute atomic E-state index is 0.137. The highest BCUT2D eigenvalue weighted by Crippen LogP contribution is 2.37. The Labute approximate surface area is 176 Å². The molecule has 0 fully saturated rings. The Hall–Kier alpha value is -3.54. The first-order valence-corrected chi connectivity index (χ1v) is 9.83. The molecule has 0 aliphatic carbocycles. The molecule has 6 nitrogen and oxygen atoms in total. The summed E-state index contributed by atoms with van der Waals surface area (Å²) in [5.41, 5.74) is 10.0. The summed E-state index contributed by atoms with van der Waals surface area (Å²) in [7, 11) is 1.64. The van der Waals surface area contributed by atoms with Gasteiger partial charge < -0.3 is 19.8 Å². The lowest BCUT2D eigenvalue weighted by molar-refractivity contribution is 0.408. The molecule has 2 heterocycles. The van der Waals surface area contributed by atoms with E-state index in [1.54, 1.807) is 7.11 Å². The molecular formula is C24H26N4O2. The molecule has 30 heavy (non-hydrogen) atoms. The highest BCUT2D eigenvalue weighted by Gasteiger charge is 2.22. The zero-order valence-corrected chi connectivity index (χ0v) is 17.9. The van der Waals surface area contributed by atoms with E-state index in [0.29, 0.717) is 5.82 Å². The molecule has 0 unspecified atom stereocenters. The molecular weight excluding hydrogens is 376 g/mol. The summed E-state index contributed by atoms with van der Waals surface area (Å²) in [6.07, 6.45) is 3.62. The second-order valence-corrected chi connectivity index (χ2v) is 8.30. The van der Waals surface area contributed by atoms with E-state index in [0.717, 1.165) is 45.0 Å². The van der Waals surface area contributed by atoms with E-state index in [-0.39, 0.29) is 5.54 Å². The number of ether oxygens (including phenoxy) is 2. The number of nitrogens with zero attached hydrogens (tertiary/aromatic N) is 3. The van der Waals surface area contributed by atoms with Crippen LogP contribution in [0.25, 0.3) is 22.2 Å². The number of rotatable bonds is 4. The van der Waals surface area contributed by atoms with Crippen LogP contribution in [0.1, 0.15) is 26.3 Å². The molecule has 4 aromatic rings. The van der Waals surface area contributed by atoms with Crippen LogP contribution in [-0.4, -0.2) is 21.6 Å². The first-order chi connectivity index (χ1) is 14.3. The fraction of sp³-hybridized carbons (Fsp3) is 0.250. The maximum atomic E-state index is 6.25. The number of aryl methyl sites for hydroxylation is 1. The Morgan fingerprint density at radius 2 is 1.77 bits per heavy atom. The molecule has 2 N–H and O–H groups in total. The van der Waals surface area contributed by atoms with Crippen LogP contribution in [0.5, 0.6) is 17.2 Å². The van der Waals surface area contributed by atoms with Crippen molar-refractivity contribution < 1.29 is 9.47 Å². The van der Waals surface area contributed by atoms with Crippen molar-refractivity contribution >= 4 is 16.9 Å². The molecule has 0 saturated heterocycles. The zero-order valence-electron chi connectivity index (χ0n) is 17.9. The third kappa shape index (κ3) is 3.56. The molecule has 4 rings (SSSR count). The second-order valence-electron chi connectivity index (χ2n) is 8.30. The minimum Gasteiger partial charge on any atom is -0.497 e. The molecule has 0 atom stereocenters. The van der Waals surface area contributed by atoms with Gasteiger partial charge in [0.1, 0.15) is 35.0 Å². The van der Waals surface area contributed by atoms with Crippen LogP contribution < -0.4 is 15.2 Å². The summed E-state index contributed by atoms with van der Waals surface area (Å²) in [6, 6.07) is 13.7. The van der Waals surface area contributed by atoms with Crippen molar-refractivity contribution in [3.63, 3.8) is 0 Å². The fourth-order valence-electron chi connectivity index (χ4n) is 3.54. The summed E-state index contributed by atoms with van der Waals surface area (Å²) < 4.78 is 13.5. The van der Waals surface area contributed by atoms with E-state index in [1.165, 1.54) is 6.33 Å². The van der Waals surface area contributed by atoms with E-state index in [4.69, 9.17) is 15.2 Å². The number of nitrogens with two attached hydrogens (primary N) is 1. The number of aromatic nitrogens is 3. The highest BCUT2D eigenvalue weighted by molar-refractivity contribution is 6.00. The summed E-state index contributed by atoms with van der Waals surface area (Å²) in [5.74, 6) is 2.75. The SMILES string of the molecule is COc1cccc(Oc2ccc(-c3cn(C(C)(C)C)c4ncnc(N)c34)cc2C)c1. The Kier molecular flexibility index (Phi) is 4.86. The predicted molar refractivity (Wildman–Crippen MR) is 120 cm³/mol. The lowest BCUT2D eigenvalue weighted by atomic mass is 10.0. The van der Waals surface area contributed by atoms with Gasteiger partial charge in [-0.3, -0.25) is 0 Å². The van der Waals surface area contributed by atoms with Gasteiger partial charge in [-0.15, -0.1) is 0 Å². The first kappa shape index (κ1) is 19.8. The monoisotopic (exact) mass is 402 g/mol. The second kappa shape index (κ2) is 7.37. The summed E-state index contributed by atoms with van der Waals surface area (Å²) in [6.45, 7) is 8.46. The molecule has 0 spiro atoms. The lowest BCUT2D eigenvalue weighted by Crippen LogP contribution is -2.21. The van der Waals surface area contributed by atoms with Gasteiger partial charge in [-0.1, -0.05) is 12.1 Å². The summed E-state index contributed by atoms with van der Waals surface area (Å²) >= 11 is 0. The van der Waals surface area contributed by atoms with Crippen molar-refractivity contribution in [3.05, 3.63) is 60.6 Å². The molecule has 0 saturated carbocycles. The molecule has 2 aromatic carbocycles. The topological polar surface area (TPSA) is 75.2 Å². The van der Waals surface area contributed by atoms with Crippen molar-refractivity contribution in [1.82, 2.24) is 14.5 Å². The number of hydrogen-bond donors (Lipinski definition) is 1. The molecule has 154 valence electrons. The van der Waals surface area contributed by atoms with Crippen LogP contribution >= 0.6 is 0 Å². The average molecular weight is 402 g/mol. The fourth-order valence-corrected chi connectivity index (χ4v) is 3.54. The Balaban J connectivity index is 1.77. The van der Waals surface area contributed by atoms with Crippen LogP contribution in [0.2, 0.25) is 0 Å². The number of fused-ring (bicyclic) bond motifs is 1. The van der Waals surface area contributed by atoms with Crippen LogP contribution in [0, 0.1) is 6.92 Å². The first-order valence-electron chi connectivity index (χ1n) is 9.83. The van der Waals surface area contributed by atoms with Gasteiger partial charge in [0.2, 0.25) is 0 Å². The largest absolute Gasteiger partial charge is 0.497 e. The van der Waals surface area contributed by atoms with E-state index in [1.807, 2.05) is 43.3 Å². The smallest absolute Gasteiger partial charge is 0.146 e. The van der Waals surface area contributed by atoms with E-state index in [9.17, 15) is 0 Å². The van der Waals surface area contributed by atoms with Gasteiger partial charge in [0.05, 0.1) is 12.5 Å². The van der Waals surface area contributed by atoms with Gasteiger partial charge in [-0.2, -0.15) is 0 Å². The third-order valence-electron chi connectivity index (χ3n) is 5.09. The summed E-state index contributed by atoms with van der Waals surface area (Å²) in [4.78, 5) is 8.72. The van der Waals surface area contributed by atoms with Gasteiger partial charge in [-0.05, 0) is 63.1 Å². The van der Waals surface area contributed by atoms with E-state index in [2.05, 4.69) is 47.6 Å². The van der Waals surface area contributed by atoms with E-state index >= 15 is 0 Å². The molecule has 0 aliphatic heterocycles. The van der Waals surface area contributed by atoms with Crippen molar-refractivity contribution in [3.8, 4) is 28.4 Å². The van der Waals surface area contributed by atoms with E-state index < -0.39 is 0 Å². The Morgan fingerprint density at radius 1 is 1.00 bits per heavy atom. The van der Waals surface area contributed by atoms with Gasteiger partial charge in [0, 0.05) is 23.4 Å².